The predicted octanol–water partition coefficient (Wildman–Crippen LogP) is 3.28. The number of hydrogen-bond acceptors (Lipinski definition) is 5. The third-order valence-electron chi connectivity index (χ3n) is 2.85. The topological polar surface area (TPSA) is 64.1 Å². The first-order chi connectivity index (χ1) is 10.9. The first-order valence-corrected chi connectivity index (χ1v) is 6.81. The Morgan fingerprint density at radius 3 is 2.57 bits per heavy atom. The van der Waals surface area contributed by atoms with Crippen molar-refractivity contribution in [2.45, 2.75) is 19.6 Å². The molecule has 122 valence electrons. The van der Waals surface area contributed by atoms with E-state index in [4.69, 9.17) is 0 Å². The average Bonchev–Trinajstić information content (AvgIpc) is 2.53. The van der Waals surface area contributed by atoms with Crippen molar-refractivity contribution in [2.75, 3.05) is 11.9 Å². The number of anilines is 1. The van der Waals surface area contributed by atoms with Crippen molar-refractivity contribution in [1.29, 1.82) is 0 Å². The van der Waals surface area contributed by atoms with Crippen LogP contribution in [0, 0.1) is 0 Å². The van der Waals surface area contributed by atoms with Gasteiger partial charge in [-0.1, -0.05) is 30.3 Å². The fraction of sp³-hybridized carbons (Fsp3) is 0.267. The van der Waals surface area contributed by atoms with E-state index in [0.717, 1.165) is 11.8 Å². The van der Waals surface area contributed by atoms with Gasteiger partial charge in [0.25, 0.3) is 0 Å². The van der Waals surface area contributed by atoms with Crippen LogP contribution in [0.15, 0.2) is 36.5 Å². The molecule has 0 saturated carbocycles. The molecule has 0 aliphatic heterocycles. The molecule has 1 aromatic carbocycles. The van der Waals surface area contributed by atoms with Crippen LogP contribution in [0.3, 0.4) is 0 Å². The fourth-order valence-corrected chi connectivity index (χ4v) is 1.82. The van der Waals surface area contributed by atoms with Crippen LogP contribution in [-0.4, -0.2) is 22.5 Å². The summed E-state index contributed by atoms with van der Waals surface area (Å²) in [6, 6.07) is 9.07. The zero-order chi connectivity index (χ0) is 16.9. The van der Waals surface area contributed by atoms with Crippen molar-refractivity contribution < 1.29 is 22.7 Å². The maximum absolute atomic E-state index is 13.1. The smallest absolute Gasteiger partial charge is 0.434 e. The first kappa shape index (κ1) is 16.7. The lowest BCUT2D eigenvalue weighted by molar-refractivity contribution is -0.141. The summed E-state index contributed by atoms with van der Waals surface area (Å²) in [7, 11) is 0. The minimum absolute atomic E-state index is 0.0376. The summed E-state index contributed by atoms with van der Waals surface area (Å²) in [4.78, 5) is 18.7. The SMILES string of the molecule is CCOC(=O)c1cnc(NCc2ccccc2)nc1C(F)(F)F. The van der Waals surface area contributed by atoms with Gasteiger partial charge in [0.15, 0.2) is 5.69 Å². The van der Waals surface area contributed by atoms with E-state index >= 15 is 0 Å². The summed E-state index contributed by atoms with van der Waals surface area (Å²) in [5, 5.41) is 2.70. The molecule has 0 unspecified atom stereocenters. The zero-order valence-electron chi connectivity index (χ0n) is 12.2. The molecule has 2 rings (SSSR count). The maximum Gasteiger partial charge on any atom is 0.434 e. The highest BCUT2D eigenvalue weighted by molar-refractivity contribution is 5.90. The molecule has 0 saturated heterocycles. The van der Waals surface area contributed by atoms with Gasteiger partial charge in [-0.05, 0) is 12.5 Å². The molecule has 1 aromatic heterocycles. The number of carbonyl (C=O) groups is 1. The highest BCUT2D eigenvalue weighted by atomic mass is 19.4. The van der Waals surface area contributed by atoms with Crippen molar-refractivity contribution in [2.24, 2.45) is 0 Å². The highest BCUT2D eigenvalue weighted by Gasteiger charge is 2.38. The van der Waals surface area contributed by atoms with Crippen molar-refractivity contribution in [3.63, 3.8) is 0 Å². The normalized spacial score (nSPS) is 11.1. The van der Waals surface area contributed by atoms with Gasteiger partial charge in [-0.2, -0.15) is 13.2 Å². The van der Waals surface area contributed by atoms with E-state index < -0.39 is 23.4 Å². The molecule has 0 radical (unpaired) electrons. The number of aromatic nitrogens is 2. The Labute approximate surface area is 130 Å². The summed E-state index contributed by atoms with van der Waals surface area (Å²) in [5.41, 5.74) is -1.16. The summed E-state index contributed by atoms with van der Waals surface area (Å²) < 4.78 is 43.8. The predicted molar refractivity (Wildman–Crippen MR) is 76.8 cm³/mol. The van der Waals surface area contributed by atoms with E-state index in [9.17, 15) is 18.0 Å². The van der Waals surface area contributed by atoms with Gasteiger partial charge in [0.05, 0.1) is 6.61 Å². The molecule has 2 aromatic rings. The number of rotatable bonds is 5. The number of carbonyl (C=O) groups excluding carboxylic acids is 1. The monoisotopic (exact) mass is 325 g/mol. The minimum atomic E-state index is -4.78. The van der Waals surface area contributed by atoms with E-state index in [1.807, 2.05) is 30.3 Å². The highest BCUT2D eigenvalue weighted by Crippen LogP contribution is 2.31. The van der Waals surface area contributed by atoms with Gasteiger partial charge >= 0.3 is 12.1 Å². The van der Waals surface area contributed by atoms with Gasteiger partial charge < -0.3 is 10.1 Å². The fourth-order valence-electron chi connectivity index (χ4n) is 1.82. The summed E-state index contributed by atoms with van der Waals surface area (Å²) in [6.45, 7) is 1.73. The van der Waals surface area contributed by atoms with Gasteiger partial charge in [-0.25, -0.2) is 14.8 Å². The number of nitrogens with one attached hydrogen (secondary N) is 1. The second-order valence-electron chi connectivity index (χ2n) is 4.51. The van der Waals surface area contributed by atoms with Gasteiger partial charge in [0.1, 0.15) is 5.56 Å². The van der Waals surface area contributed by atoms with Crippen LogP contribution in [0.2, 0.25) is 0 Å². The van der Waals surface area contributed by atoms with Crippen LogP contribution in [0.4, 0.5) is 19.1 Å². The first-order valence-electron chi connectivity index (χ1n) is 6.81. The molecule has 5 nitrogen and oxygen atoms in total. The summed E-state index contributed by atoms with van der Waals surface area (Å²) in [5.74, 6) is -1.32. The van der Waals surface area contributed by atoms with E-state index in [-0.39, 0.29) is 19.1 Å². The van der Waals surface area contributed by atoms with Crippen LogP contribution in [-0.2, 0) is 17.5 Å². The lowest BCUT2D eigenvalue weighted by atomic mass is 10.2. The van der Waals surface area contributed by atoms with Crippen LogP contribution in [0.1, 0.15) is 28.5 Å². The molecule has 0 fully saturated rings. The molecule has 0 aliphatic rings. The molecular weight excluding hydrogens is 311 g/mol. The third kappa shape index (κ3) is 4.41. The molecule has 23 heavy (non-hydrogen) atoms. The van der Waals surface area contributed by atoms with Gasteiger partial charge in [0, 0.05) is 12.7 Å². The molecule has 8 heteroatoms. The second kappa shape index (κ2) is 7.08. The number of nitrogens with zero attached hydrogens (tertiary/aromatic N) is 2. The lowest BCUT2D eigenvalue weighted by Gasteiger charge is -2.12. The number of halogens is 3. The zero-order valence-corrected chi connectivity index (χ0v) is 12.2. The Balaban J connectivity index is 2.24. The maximum atomic E-state index is 13.1. The Hall–Kier alpha value is -2.64. The number of benzene rings is 1. The Bertz CT molecular complexity index is 675. The number of hydrogen-bond donors (Lipinski definition) is 1. The van der Waals surface area contributed by atoms with E-state index in [2.05, 4.69) is 20.0 Å². The third-order valence-corrected chi connectivity index (χ3v) is 2.85. The summed E-state index contributed by atoms with van der Waals surface area (Å²) >= 11 is 0. The van der Waals surface area contributed by atoms with Gasteiger partial charge in [0.2, 0.25) is 5.95 Å². The van der Waals surface area contributed by atoms with Crippen LogP contribution >= 0.6 is 0 Å². The van der Waals surface area contributed by atoms with Crippen LogP contribution in [0.5, 0.6) is 0 Å². The number of esters is 1. The minimum Gasteiger partial charge on any atom is -0.462 e. The molecule has 1 N–H and O–H groups in total. The molecule has 1 heterocycles. The number of ether oxygens (including phenoxy) is 1. The second-order valence-corrected chi connectivity index (χ2v) is 4.51. The van der Waals surface area contributed by atoms with Crippen molar-refractivity contribution >= 4 is 11.9 Å². The quantitative estimate of drug-likeness (QED) is 0.855. The van der Waals surface area contributed by atoms with Crippen molar-refractivity contribution in [3.05, 3.63) is 53.3 Å². The summed E-state index contributed by atoms with van der Waals surface area (Å²) in [6.07, 6.45) is -3.96. The molecular formula is C15H14F3N3O2. The van der Waals surface area contributed by atoms with E-state index in [1.54, 1.807) is 0 Å². The molecule has 0 atom stereocenters. The standard InChI is InChI=1S/C15H14F3N3O2/c1-2-23-13(22)11-9-20-14(21-12(11)15(16,17)18)19-8-10-6-4-3-5-7-10/h3-7,9H,2,8H2,1H3,(H,19,20,21). The Morgan fingerprint density at radius 1 is 1.26 bits per heavy atom. The Kier molecular flexibility index (Phi) is 5.15. The van der Waals surface area contributed by atoms with Gasteiger partial charge in [-0.15, -0.1) is 0 Å². The van der Waals surface area contributed by atoms with Crippen molar-refractivity contribution in [3.8, 4) is 0 Å². The van der Waals surface area contributed by atoms with Crippen molar-refractivity contribution in [1.82, 2.24) is 9.97 Å². The van der Waals surface area contributed by atoms with Gasteiger partial charge in [-0.3, -0.25) is 0 Å². The number of alkyl halides is 3. The Morgan fingerprint density at radius 2 is 1.96 bits per heavy atom. The molecule has 0 aliphatic carbocycles. The van der Waals surface area contributed by atoms with E-state index in [0.29, 0.717) is 0 Å². The van der Waals surface area contributed by atoms with Crippen LogP contribution in [0.25, 0.3) is 0 Å². The van der Waals surface area contributed by atoms with E-state index in [1.165, 1.54) is 6.92 Å². The average molecular weight is 325 g/mol. The largest absolute Gasteiger partial charge is 0.462 e. The molecule has 0 spiro atoms. The molecule has 0 bridgehead atoms. The lowest BCUT2D eigenvalue weighted by Crippen LogP contribution is -2.19. The van der Waals surface area contributed by atoms with Crippen LogP contribution < -0.4 is 5.32 Å². The molecule has 0 amide bonds.